The number of nitrogens with zero attached hydrogens (tertiary/aromatic N) is 1. The van der Waals surface area contributed by atoms with Crippen molar-refractivity contribution in [2.75, 3.05) is 13.1 Å². The Bertz CT molecular complexity index is 862. The first-order valence-corrected chi connectivity index (χ1v) is 10.8. The number of rotatable bonds is 4. The monoisotopic (exact) mass is 418 g/mol. The van der Waals surface area contributed by atoms with Crippen molar-refractivity contribution in [1.29, 1.82) is 0 Å². The molecular weight excluding hydrogens is 403 g/mol. The van der Waals surface area contributed by atoms with Crippen LogP contribution in [0.4, 0.5) is 0 Å². The van der Waals surface area contributed by atoms with Gasteiger partial charge in [0.25, 0.3) is 5.91 Å². The molecule has 134 valence electrons. The van der Waals surface area contributed by atoms with Gasteiger partial charge in [0.1, 0.15) is 4.21 Å². The summed E-state index contributed by atoms with van der Waals surface area (Å²) >= 11 is 13.0. The van der Waals surface area contributed by atoms with E-state index in [0.717, 1.165) is 0 Å². The summed E-state index contributed by atoms with van der Waals surface area (Å²) in [7, 11) is -3.48. The fourth-order valence-electron chi connectivity index (χ4n) is 2.71. The number of halogens is 2. The van der Waals surface area contributed by atoms with Gasteiger partial charge in [-0.3, -0.25) is 4.79 Å². The summed E-state index contributed by atoms with van der Waals surface area (Å²) in [6.45, 7) is 0.966. The van der Waals surface area contributed by atoms with Crippen LogP contribution in [0.15, 0.2) is 39.9 Å². The average molecular weight is 419 g/mol. The Kier molecular flexibility index (Phi) is 5.70. The number of carbonyl (C=O) groups excluding carboxylic acids is 1. The molecule has 1 fully saturated rings. The van der Waals surface area contributed by atoms with Crippen LogP contribution in [0.5, 0.6) is 0 Å². The Morgan fingerprint density at radius 3 is 2.48 bits per heavy atom. The van der Waals surface area contributed by atoms with Gasteiger partial charge in [0.2, 0.25) is 10.0 Å². The molecule has 1 aliphatic heterocycles. The highest BCUT2D eigenvalue weighted by Gasteiger charge is 2.27. The molecule has 0 unspecified atom stereocenters. The molecule has 1 aromatic carbocycles. The molecule has 1 aliphatic rings. The molecule has 1 saturated heterocycles. The highest BCUT2D eigenvalue weighted by Crippen LogP contribution is 2.24. The zero-order chi connectivity index (χ0) is 18.0. The number of thiophene rings is 1. The molecule has 0 atom stereocenters. The molecular formula is C16H16Cl2N2O3S2. The summed E-state index contributed by atoms with van der Waals surface area (Å²) < 4.78 is 27.5. The van der Waals surface area contributed by atoms with Crippen molar-refractivity contribution in [3.8, 4) is 0 Å². The Labute approximate surface area is 160 Å². The highest BCUT2D eigenvalue weighted by atomic mass is 35.5. The van der Waals surface area contributed by atoms with E-state index in [2.05, 4.69) is 4.72 Å². The van der Waals surface area contributed by atoms with E-state index in [4.69, 9.17) is 23.2 Å². The molecule has 3 rings (SSSR count). The zero-order valence-electron chi connectivity index (χ0n) is 13.1. The van der Waals surface area contributed by atoms with Crippen LogP contribution in [0.1, 0.15) is 23.2 Å². The number of likely N-dealkylation sites (tertiary alicyclic amines) is 1. The third kappa shape index (κ3) is 4.35. The number of nitrogens with one attached hydrogen (secondary N) is 1. The van der Waals surface area contributed by atoms with Crippen LogP contribution in [0.2, 0.25) is 10.0 Å². The Balaban J connectivity index is 1.60. The van der Waals surface area contributed by atoms with Crippen molar-refractivity contribution in [2.45, 2.75) is 23.1 Å². The van der Waals surface area contributed by atoms with Gasteiger partial charge in [-0.2, -0.15) is 0 Å². The molecule has 9 heteroatoms. The maximum atomic E-state index is 12.5. The van der Waals surface area contributed by atoms with E-state index in [1.54, 1.807) is 40.6 Å². The van der Waals surface area contributed by atoms with Crippen LogP contribution >= 0.6 is 34.5 Å². The lowest BCUT2D eigenvalue weighted by Crippen LogP contribution is -2.46. The summed E-state index contributed by atoms with van der Waals surface area (Å²) in [4.78, 5) is 14.2. The van der Waals surface area contributed by atoms with Gasteiger partial charge < -0.3 is 4.90 Å². The normalized spacial score (nSPS) is 16.2. The first kappa shape index (κ1) is 18.7. The van der Waals surface area contributed by atoms with Crippen LogP contribution in [-0.2, 0) is 10.0 Å². The van der Waals surface area contributed by atoms with Crippen LogP contribution < -0.4 is 4.72 Å². The van der Waals surface area contributed by atoms with Crippen LogP contribution in [-0.4, -0.2) is 38.4 Å². The van der Waals surface area contributed by atoms with Gasteiger partial charge in [-0.05, 0) is 42.5 Å². The summed E-state index contributed by atoms with van der Waals surface area (Å²) in [5.74, 6) is -0.127. The van der Waals surface area contributed by atoms with Gasteiger partial charge in [0, 0.05) is 24.7 Å². The Morgan fingerprint density at radius 1 is 1.16 bits per heavy atom. The molecule has 25 heavy (non-hydrogen) atoms. The number of benzene rings is 1. The minimum absolute atomic E-state index is 0.127. The predicted molar refractivity (Wildman–Crippen MR) is 100 cm³/mol. The minimum atomic E-state index is -3.48. The summed E-state index contributed by atoms with van der Waals surface area (Å²) in [6, 6.07) is 7.90. The number of carbonyl (C=O) groups is 1. The van der Waals surface area contributed by atoms with Crippen molar-refractivity contribution in [2.24, 2.45) is 0 Å². The average Bonchev–Trinajstić information content (AvgIpc) is 3.13. The van der Waals surface area contributed by atoms with Crippen LogP contribution in [0.25, 0.3) is 0 Å². The van der Waals surface area contributed by atoms with Crippen molar-refractivity contribution >= 4 is 50.5 Å². The van der Waals surface area contributed by atoms with E-state index in [-0.39, 0.29) is 11.9 Å². The number of amides is 1. The third-order valence-corrected chi connectivity index (χ3v) is 7.69. The maximum absolute atomic E-state index is 12.5. The Hall–Kier alpha value is -1.12. The third-order valence-electron chi connectivity index (χ3n) is 4.03. The molecule has 1 amide bonds. The largest absolute Gasteiger partial charge is 0.339 e. The van der Waals surface area contributed by atoms with Crippen molar-refractivity contribution in [3.63, 3.8) is 0 Å². The predicted octanol–water partition coefficient (Wildman–Crippen LogP) is 3.64. The molecule has 0 radical (unpaired) electrons. The molecule has 1 N–H and O–H groups in total. The van der Waals surface area contributed by atoms with E-state index in [0.29, 0.717) is 45.7 Å². The van der Waals surface area contributed by atoms with Gasteiger partial charge in [-0.15, -0.1) is 11.3 Å². The fraction of sp³-hybridized carbons (Fsp3) is 0.312. The second-order valence-electron chi connectivity index (χ2n) is 5.75. The molecule has 0 bridgehead atoms. The van der Waals surface area contributed by atoms with E-state index in [1.165, 1.54) is 11.3 Å². The van der Waals surface area contributed by atoms with Gasteiger partial charge in [-0.25, -0.2) is 13.1 Å². The number of hydrogen-bond acceptors (Lipinski definition) is 4. The Morgan fingerprint density at radius 2 is 1.88 bits per heavy atom. The molecule has 0 saturated carbocycles. The maximum Gasteiger partial charge on any atom is 0.253 e. The standard InChI is InChI=1S/C16H16Cl2N2O3S2/c17-13-4-3-11(10-14(13)18)16(21)20-7-5-12(6-8-20)19-25(22,23)15-2-1-9-24-15/h1-4,9-10,12,19H,5-8H2. The minimum Gasteiger partial charge on any atom is -0.339 e. The lowest BCUT2D eigenvalue weighted by Gasteiger charge is -2.32. The second kappa shape index (κ2) is 7.63. The van der Waals surface area contributed by atoms with E-state index >= 15 is 0 Å². The van der Waals surface area contributed by atoms with Gasteiger partial charge in [0.05, 0.1) is 10.0 Å². The topological polar surface area (TPSA) is 66.5 Å². The molecule has 0 aliphatic carbocycles. The SMILES string of the molecule is O=C(c1ccc(Cl)c(Cl)c1)N1CCC(NS(=O)(=O)c2cccs2)CC1. The number of hydrogen-bond donors (Lipinski definition) is 1. The van der Waals surface area contributed by atoms with Gasteiger partial charge in [0.15, 0.2) is 0 Å². The summed E-state index contributed by atoms with van der Waals surface area (Å²) in [6.07, 6.45) is 1.13. The molecule has 5 nitrogen and oxygen atoms in total. The van der Waals surface area contributed by atoms with E-state index < -0.39 is 10.0 Å². The summed E-state index contributed by atoms with van der Waals surface area (Å²) in [5.41, 5.74) is 0.479. The van der Waals surface area contributed by atoms with Gasteiger partial charge in [-0.1, -0.05) is 29.3 Å². The lowest BCUT2D eigenvalue weighted by atomic mass is 10.0. The van der Waals surface area contributed by atoms with Crippen molar-refractivity contribution in [1.82, 2.24) is 9.62 Å². The molecule has 2 heterocycles. The van der Waals surface area contributed by atoms with Crippen molar-refractivity contribution < 1.29 is 13.2 Å². The zero-order valence-corrected chi connectivity index (χ0v) is 16.3. The number of sulfonamides is 1. The quantitative estimate of drug-likeness (QED) is 0.823. The summed E-state index contributed by atoms with van der Waals surface area (Å²) in [5, 5.41) is 2.47. The smallest absolute Gasteiger partial charge is 0.253 e. The number of piperidine rings is 1. The fourth-order valence-corrected chi connectivity index (χ4v) is 5.32. The lowest BCUT2D eigenvalue weighted by molar-refractivity contribution is 0.0711. The first-order valence-electron chi connectivity index (χ1n) is 7.67. The van der Waals surface area contributed by atoms with Crippen LogP contribution in [0.3, 0.4) is 0 Å². The molecule has 0 spiro atoms. The first-order chi connectivity index (χ1) is 11.9. The highest BCUT2D eigenvalue weighted by molar-refractivity contribution is 7.91. The van der Waals surface area contributed by atoms with Crippen LogP contribution in [0, 0.1) is 0 Å². The molecule has 2 aromatic rings. The second-order valence-corrected chi connectivity index (χ2v) is 9.45. The van der Waals surface area contributed by atoms with E-state index in [9.17, 15) is 13.2 Å². The van der Waals surface area contributed by atoms with Gasteiger partial charge >= 0.3 is 0 Å². The van der Waals surface area contributed by atoms with E-state index in [1.807, 2.05) is 0 Å². The van der Waals surface area contributed by atoms with Crippen molar-refractivity contribution in [3.05, 3.63) is 51.3 Å². The molecule has 1 aromatic heterocycles.